The van der Waals surface area contributed by atoms with Gasteiger partial charge in [0.25, 0.3) is 0 Å². The zero-order valence-corrected chi connectivity index (χ0v) is 12.5. The van der Waals surface area contributed by atoms with Crippen molar-refractivity contribution in [3.63, 3.8) is 0 Å². The summed E-state index contributed by atoms with van der Waals surface area (Å²) in [4.78, 5) is 0. The molecule has 1 atom stereocenters. The van der Waals surface area contributed by atoms with Crippen molar-refractivity contribution in [2.24, 2.45) is 0 Å². The fourth-order valence-electron chi connectivity index (χ4n) is 1.47. The maximum Gasteiger partial charge on any atom is 0.212 e. The maximum absolute atomic E-state index is 11.2. The Balaban J connectivity index is 2.61. The molecule has 0 aromatic heterocycles. The van der Waals surface area contributed by atoms with Crippen LogP contribution in [0.4, 0.5) is 0 Å². The molecule has 0 aliphatic heterocycles. The number of rotatable bonds is 6. The highest BCUT2D eigenvalue weighted by Gasteiger charge is 2.12. The molecule has 0 heterocycles. The Morgan fingerprint density at radius 1 is 1.33 bits per heavy atom. The number of benzene rings is 1. The molecular weight excluding hydrogens is 295 g/mol. The number of hydrogen-bond donors (Lipinski definition) is 2. The Morgan fingerprint density at radius 3 is 2.61 bits per heavy atom. The van der Waals surface area contributed by atoms with Crippen LogP contribution >= 0.6 is 23.2 Å². The van der Waals surface area contributed by atoms with E-state index in [9.17, 15) is 8.42 Å². The van der Waals surface area contributed by atoms with Gasteiger partial charge in [-0.2, -0.15) is 0 Å². The first-order valence-electron chi connectivity index (χ1n) is 5.45. The van der Waals surface area contributed by atoms with Crippen molar-refractivity contribution in [1.29, 1.82) is 0 Å². The first-order valence-corrected chi connectivity index (χ1v) is 7.86. The standard InChI is InChI=1S/C11H16Cl2N2O2S/c1-8(15-5-6-18(16,17)14-2)10-7-9(12)3-4-11(10)13/h3-4,7-8,14-15H,5-6H2,1-2H3. The minimum atomic E-state index is -3.19. The van der Waals surface area contributed by atoms with Gasteiger partial charge in [-0.25, -0.2) is 13.1 Å². The second kappa shape index (κ2) is 6.73. The number of nitrogens with one attached hydrogen (secondary N) is 2. The van der Waals surface area contributed by atoms with E-state index >= 15 is 0 Å². The quantitative estimate of drug-likeness (QED) is 0.847. The predicted molar refractivity (Wildman–Crippen MR) is 75.7 cm³/mol. The van der Waals surface area contributed by atoms with Gasteiger partial charge < -0.3 is 5.32 Å². The molecule has 1 rings (SSSR count). The fourth-order valence-corrected chi connectivity index (χ4v) is 2.52. The van der Waals surface area contributed by atoms with Crippen molar-refractivity contribution in [2.45, 2.75) is 13.0 Å². The van der Waals surface area contributed by atoms with Gasteiger partial charge in [-0.05, 0) is 37.7 Å². The third-order valence-corrected chi connectivity index (χ3v) is 4.50. The highest BCUT2D eigenvalue weighted by Crippen LogP contribution is 2.25. The van der Waals surface area contributed by atoms with Crippen molar-refractivity contribution in [1.82, 2.24) is 10.0 Å². The second-order valence-corrected chi connectivity index (χ2v) is 6.75. The summed E-state index contributed by atoms with van der Waals surface area (Å²) >= 11 is 12.0. The lowest BCUT2D eigenvalue weighted by atomic mass is 10.1. The molecule has 0 amide bonds. The van der Waals surface area contributed by atoms with Gasteiger partial charge in [-0.15, -0.1) is 0 Å². The monoisotopic (exact) mass is 310 g/mol. The molecule has 1 unspecified atom stereocenters. The van der Waals surface area contributed by atoms with Gasteiger partial charge in [-0.3, -0.25) is 0 Å². The number of sulfonamides is 1. The topological polar surface area (TPSA) is 58.2 Å². The first-order chi connectivity index (χ1) is 8.35. The molecule has 0 aliphatic rings. The van der Waals surface area contributed by atoms with Crippen molar-refractivity contribution in [3.05, 3.63) is 33.8 Å². The van der Waals surface area contributed by atoms with Gasteiger partial charge in [0.05, 0.1) is 5.75 Å². The van der Waals surface area contributed by atoms with Gasteiger partial charge in [0.15, 0.2) is 0 Å². The Kier molecular flexibility index (Phi) is 5.88. The summed E-state index contributed by atoms with van der Waals surface area (Å²) in [5, 5.41) is 4.31. The minimum Gasteiger partial charge on any atom is -0.309 e. The predicted octanol–water partition coefficient (Wildman–Crippen LogP) is 2.19. The van der Waals surface area contributed by atoms with Crippen LogP contribution in [0.3, 0.4) is 0 Å². The van der Waals surface area contributed by atoms with Gasteiger partial charge in [0.2, 0.25) is 10.0 Å². The summed E-state index contributed by atoms with van der Waals surface area (Å²) in [6.07, 6.45) is 0. The third kappa shape index (κ3) is 4.74. The van der Waals surface area contributed by atoms with Crippen molar-refractivity contribution in [2.75, 3.05) is 19.3 Å². The van der Waals surface area contributed by atoms with Crippen LogP contribution in [0.15, 0.2) is 18.2 Å². The summed E-state index contributed by atoms with van der Waals surface area (Å²) in [5.74, 6) is 0.0199. The Hall–Kier alpha value is -0.330. The summed E-state index contributed by atoms with van der Waals surface area (Å²) in [7, 11) is -1.79. The van der Waals surface area contributed by atoms with E-state index in [4.69, 9.17) is 23.2 Å². The molecule has 0 radical (unpaired) electrons. The molecule has 0 spiro atoms. The van der Waals surface area contributed by atoms with Crippen LogP contribution in [0.1, 0.15) is 18.5 Å². The van der Waals surface area contributed by atoms with Crippen LogP contribution in [0.2, 0.25) is 10.0 Å². The Morgan fingerprint density at radius 2 is 2.00 bits per heavy atom. The highest BCUT2D eigenvalue weighted by molar-refractivity contribution is 7.89. The number of halogens is 2. The molecule has 7 heteroatoms. The Bertz CT molecular complexity index is 506. The molecule has 102 valence electrons. The number of hydrogen-bond acceptors (Lipinski definition) is 3. The summed E-state index contributed by atoms with van der Waals surface area (Å²) in [6.45, 7) is 2.25. The van der Waals surface area contributed by atoms with Crippen molar-refractivity contribution >= 4 is 33.2 Å². The average molecular weight is 311 g/mol. The average Bonchev–Trinajstić information content (AvgIpc) is 2.32. The largest absolute Gasteiger partial charge is 0.309 e. The highest BCUT2D eigenvalue weighted by atomic mass is 35.5. The van der Waals surface area contributed by atoms with E-state index in [0.29, 0.717) is 16.6 Å². The summed E-state index contributed by atoms with van der Waals surface area (Å²) < 4.78 is 24.7. The fraction of sp³-hybridized carbons (Fsp3) is 0.455. The van der Waals surface area contributed by atoms with Crippen LogP contribution in [0, 0.1) is 0 Å². The molecule has 4 nitrogen and oxygen atoms in total. The molecule has 0 bridgehead atoms. The first kappa shape index (κ1) is 15.7. The molecule has 0 fully saturated rings. The van der Waals surface area contributed by atoms with E-state index in [0.717, 1.165) is 5.56 Å². The molecule has 1 aromatic carbocycles. The van der Waals surface area contributed by atoms with E-state index in [2.05, 4.69) is 10.0 Å². The lowest BCUT2D eigenvalue weighted by Crippen LogP contribution is -2.31. The van der Waals surface area contributed by atoms with Crippen LogP contribution in [-0.4, -0.2) is 27.8 Å². The minimum absolute atomic E-state index is 0.0199. The molecule has 1 aromatic rings. The third-order valence-electron chi connectivity index (χ3n) is 2.56. The van der Waals surface area contributed by atoms with E-state index in [-0.39, 0.29) is 11.8 Å². The zero-order valence-electron chi connectivity index (χ0n) is 10.2. The molecule has 2 N–H and O–H groups in total. The van der Waals surface area contributed by atoms with Crippen LogP contribution in [-0.2, 0) is 10.0 Å². The van der Waals surface area contributed by atoms with E-state index in [1.165, 1.54) is 7.05 Å². The molecular formula is C11H16Cl2N2O2S. The molecule has 0 aliphatic carbocycles. The normalized spacial score (nSPS) is 13.6. The lowest BCUT2D eigenvalue weighted by molar-refractivity contribution is 0.567. The lowest BCUT2D eigenvalue weighted by Gasteiger charge is -2.16. The molecule has 18 heavy (non-hydrogen) atoms. The van der Waals surface area contributed by atoms with Crippen molar-refractivity contribution in [3.8, 4) is 0 Å². The smallest absolute Gasteiger partial charge is 0.212 e. The zero-order chi connectivity index (χ0) is 13.8. The van der Waals surface area contributed by atoms with Crippen molar-refractivity contribution < 1.29 is 8.42 Å². The van der Waals surface area contributed by atoms with E-state index < -0.39 is 10.0 Å². The van der Waals surface area contributed by atoms with Crippen LogP contribution in [0.5, 0.6) is 0 Å². The SMILES string of the molecule is CNS(=O)(=O)CCNC(C)c1cc(Cl)ccc1Cl. The van der Waals surface area contributed by atoms with Crippen LogP contribution < -0.4 is 10.0 Å². The van der Waals surface area contributed by atoms with E-state index in [1.807, 2.05) is 6.92 Å². The molecule has 0 saturated carbocycles. The van der Waals surface area contributed by atoms with Gasteiger partial charge in [0, 0.05) is 22.6 Å². The van der Waals surface area contributed by atoms with Gasteiger partial charge >= 0.3 is 0 Å². The van der Waals surface area contributed by atoms with Crippen LogP contribution in [0.25, 0.3) is 0 Å². The van der Waals surface area contributed by atoms with E-state index in [1.54, 1.807) is 18.2 Å². The maximum atomic E-state index is 11.2. The summed E-state index contributed by atoms with van der Waals surface area (Å²) in [5.41, 5.74) is 0.853. The van der Waals surface area contributed by atoms with Gasteiger partial charge in [0.1, 0.15) is 0 Å². The molecule has 0 saturated heterocycles. The van der Waals surface area contributed by atoms with Gasteiger partial charge in [-0.1, -0.05) is 23.2 Å². The second-order valence-electron chi connectivity index (χ2n) is 3.86. The summed E-state index contributed by atoms with van der Waals surface area (Å²) in [6, 6.07) is 5.14. The Labute approximate surface area is 118 Å².